The lowest BCUT2D eigenvalue weighted by atomic mass is 10.0. The van der Waals surface area contributed by atoms with E-state index in [0.717, 1.165) is 5.56 Å². The summed E-state index contributed by atoms with van der Waals surface area (Å²) in [5.41, 5.74) is 1.62. The summed E-state index contributed by atoms with van der Waals surface area (Å²) in [6, 6.07) is 11.2. The Morgan fingerprint density at radius 1 is 1.12 bits per heavy atom. The van der Waals surface area contributed by atoms with E-state index in [1.165, 1.54) is 19.1 Å². The van der Waals surface area contributed by atoms with Crippen molar-refractivity contribution in [1.82, 2.24) is 0 Å². The molecule has 128 valence electrons. The van der Waals surface area contributed by atoms with Crippen molar-refractivity contribution in [3.05, 3.63) is 53.6 Å². The molecular weight excluding hydrogens is 326 g/mol. The van der Waals surface area contributed by atoms with E-state index in [1.807, 2.05) is 13.8 Å². The SMILES string of the molecule is COc1ccc(S(=O)(=O)Nc2cccc(C(C)=O)c2)cc1C(C)C. The Bertz CT molecular complexity index is 857. The fourth-order valence-electron chi connectivity index (χ4n) is 2.35. The van der Waals surface area contributed by atoms with Crippen molar-refractivity contribution in [3.63, 3.8) is 0 Å². The van der Waals surface area contributed by atoms with Crippen molar-refractivity contribution in [1.29, 1.82) is 0 Å². The normalized spacial score (nSPS) is 11.4. The quantitative estimate of drug-likeness (QED) is 0.806. The molecule has 6 heteroatoms. The van der Waals surface area contributed by atoms with Gasteiger partial charge in [-0.3, -0.25) is 9.52 Å². The summed E-state index contributed by atoms with van der Waals surface area (Å²) in [7, 11) is -2.20. The molecular formula is C18H21NO4S. The number of nitrogens with one attached hydrogen (secondary N) is 1. The highest BCUT2D eigenvalue weighted by Gasteiger charge is 2.18. The number of Topliss-reactive ketones (excluding diaryl/α,β-unsaturated/α-hetero) is 1. The van der Waals surface area contributed by atoms with Crippen molar-refractivity contribution >= 4 is 21.5 Å². The molecule has 0 saturated carbocycles. The van der Waals surface area contributed by atoms with Crippen LogP contribution in [-0.2, 0) is 10.0 Å². The fraction of sp³-hybridized carbons (Fsp3) is 0.278. The average molecular weight is 347 g/mol. The minimum atomic E-state index is -3.75. The van der Waals surface area contributed by atoms with Crippen molar-refractivity contribution in [3.8, 4) is 5.75 Å². The van der Waals surface area contributed by atoms with Crippen LogP contribution in [0.2, 0.25) is 0 Å². The van der Waals surface area contributed by atoms with Crippen LogP contribution in [0.15, 0.2) is 47.4 Å². The summed E-state index contributed by atoms with van der Waals surface area (Å²) in [5.74, 6) is 0.654. The third-order valence-corrected chi connectivity index (χ3v) is 5.03. The minimum absolute atomic E-state index is 0.121. The molecule has 0 amide bonds. The molecule has 1 N–H and O–H groups in total. The van der Waals surface area contributed by atoms with E-state index in [0.29, 0.717) is 17.0 Å². The molecule has 0 saturated heterocycles. The van der Waals surface area contributed by atoms with Crippen LogP contribution in [0.1, 0.15) is 42.6 Å². The molecule has 0 aliphatic heterocycles. The number of ether oxygens (including phenoxy) is 1. The van der Waals surface area contributed by atoms with Gasteiger partial charge in [0.15, 0.2) is 5.78 Å². The predicted octanol–water partition coefficient (Wildman–Crippen LogP) is 3.82. The first-order chi connectivity index (χ1) is 11.2. The topological polar surface area (TPSA) is 72.5 Å². The van der Waals surface area contributed by atoms with E-state index in [1.54, 1.807) is 37.4 Å². The number of carbonyl (C=O) groups excluding carboxylic acids is 1. The lowest BCUT2D eigenvalue weighted by Crippen LogP contribution is -2.14. The summed E-state index contributed by atoms with van der Waals surface area (Å²) in [4.78, 5) is 11.6. The molecule has 0 atom stereocenters. The molecule has 0 aliphatic rings. The molecule has 2 aromatic rings. The van der Waals surface area contributed by atoms with Crippen molar-refractivity contribution in [2.75, 3.05) is 11.8 Å². The van der Waals surface area contributed by atoms with Crippen LogP contribution < -0.4 is 9.46 Å². The third-order valence-electron chi connectivity index (χ3n) is 3.65. The van der Waals surface area contributed by atoms with E-state index in [9.17, 15) is 13.2 Å². The molecule has 0 unspecified atom stereocenters. The van der Waals surface area contributed by atoms with E-state index >= 15 is 0 Å². The maximum atomic E-state index is 12.6. The van der Waals surface area contributed by atoms with Gasteiger partial charge in [-0.1, -0.05) is 26.0 Å². The Hall–Kier alpha value is -2.34. The second-order valence-corrected chi connectivity index (χ2v) is 7.48. The Morgan fingerprint density at radius 3 is 2.42 bits per heavy atom. The monoisotopic (exact) mass is 347 g/mol. The van der Waals surface area contributed by atoms with Gasteiger partial charge in [-0.2, -0.15) is 0 Å². The summed E-state index contributed by atoms with van der Waals surface area (Å²) >= 11 is 0. The molecule has 0 radical (unpaired) electrons. The highest BCUT2D eigenvalue weighted by molar-refractivity contribution is 7.92. The van der Waals surface area contributed by atoms with Gasteiger partial charge in [-0.25, -0.2) is 8.42 Å². The van der Waals surface area contributed by atoms with E-state index in [-0.39, 0.29) is 16.6 Å². The zero-order valence-corrected chi connectivity index (χ0v) is 15.0. The predicted molar refractivity (Wildman–Crippen MR) is 94.3 cm³/mol. The second-order valence-electron chi connectivity index (χ2n) is 5.80. The molecule has 24 heavy (non-hydrogen) atoms. The van der Waals surface area contributed by atoms with Crippen molar-refractivity contribution < 1.29 is 17.9 Å². The van der Waals surface area contributed by atoms with Gasteiger partial charge < -0.3 is 4.74 Å². The van der Waals surface area contributed by atoms with Gasteiger partial charge in [-0.05, 0) is 48.7 Å². The zero-order chi connectivity index (χ0) is 17.9. The highest BCUT2D eigenvalue weighted by Crippen LogP contribution is 2.29. The highest BCUT2D eigenvalue weighted by atomic mass is 32.2. The van der Waals surface area contributed by atoms with E-state index < -0.39 is 10.0 Å². The van der Waals surface area contributed by atoms with Gasteiger partial charge in [-0.15, -0.1) is 0 Å². The Balaban J connectivity index is 2.39. The van der Waals surface area contributed by atoms with Crippen LogP contribution in [0.25, 0.3) is 0 Å². The number of carbonyl (C=O) groups is 1. The first-order valence-electron chi connectivity index (χ1n) is 7.56. The van der Waals surface area contributed by atoms with Crippen LogP contribution in [-0.4, -0.2) is 21.3 Å². The number of hydrogen-bond donors (Lipinski definition) is 1. The number of rotatable bonds is 6. The summed E-state index contributed by atoms with van der Waals surface area (Å²) < 4.78 is 33.0. The average Bonchev–Trinajstić information content (AvgIpc) is 2.53. The van der Waals surface area contributed by atoms with Crippen LogP contribution >= 0.6 is 0 Å². The zero-order valence-electron chi connectivity index (χ0n) is 14.2. The number of ketones is 1. The third kappa shape index (κ3) is 3.94. The van der Waals surface area contributed by atoms with Gasteiger partial charge in [0.25, 0.3) is 10.0 Å². The Labute approximate surface area is 142 Å². The van der Waals surface area contributed by atoms with Crippen LogP contribution in [0, 0.1) is 0 Å². The summed E-state index contributed by atoms with van der Waals surface area (Å²) in [6.45, 7) is 5.38. The molecule has 0 aliphatic carbocycles. The van der Waals surface area contributed by atoms with Crippen LogP contribution in [0.4, 0.5) is 5.69 Å². The second kappa shape index (κ2) is 7.05. The van der Waals surface area contributed by atoms with Gasteiger partial charge in [0.1, 0.15) is 5.75 Å². The van der Waals surface area contributed by atoms with Crippen molar-refractivity contribution in [2.45, 2.75) is 31.6 Å². The molecule has 0 bridgehead atoms. The molecule has 2 aromatic carbocycles. The number of sulfonamides is 1. The molecule has 0 aromatic heterocycles. The lowest BCUT2D eigenvalue weighted by Gasteiger charge is -2.14. The number of anilines is 1. The maximum absolute atomic E-state index is 12.6. The largest absolute Gasteiger partial charge is 0.496 e. The lowest BCUT2D eigenvalue weighted by molar-refractivity contribution is 0.101. The minimum Gasteiger partial charge on any atom is -0.496 e. The Morgan fingerprint density at radius 2 is 1.83 bits per heavy atom. The van der Waals surface area contributed by atoms with E-state index in [4.69, 9.17) is 4.74 Å². The molecule has 0 spiro atoms. The number of benzene rings is 2. The van der Waals surface area contributed by atoms with Gasteiger partial charge in [0, 0.05) is 11.3 Å². The summed E-state index contributed by atoms with van der Waals surface area (Å²) in [5, 5.41) is 0. The smallest absolute Gasteiger partial charge is 0.261 e. The standard InChI is InChI=1S/C18H21NO4S/c1-12(2)17-11-16(8-9-18(17)23-4)24(21,22)19-15-7-5-6-14(10-15)13(3)20/h5-12,19H,1-4H3. The number of methoxy groups -OCH3 is 1. The van der Waals surface area contributed by atoms with Crippen molar-refractivity contribution in [2.24, 2.45) is 0 Å². The van der Waals surface area contributed by atoms with Gasteiger partial charge >= 0.3 is 0 Å². The first-order valence-corrected chi connectivity index (χ1v) is 9.04. The van der Waals surface area contributed by atoms with Crippen LogP contribution in [0.3, 0.4) is 0 Å². The maximum Gasteiger partial charge on any atom is 0.261 e. The Kier molecular flexibility index (Phi) is 5.29. The fourth-order valence-corrected chi connectivity index (χ4v) is 3.43. The van der Waals surface area contributed by atoms with Gasteiger partial charge in [0.2, 0.25) is 0 Å². The van der Waals surface area contributed by atoms with Crippen LogP contribution in [0.5, 0.6) is 5.75 Å². The molecule has 0 fully saturated rings. The van der Waals surface area contributed by atoms with Gasteiger partial charge in [0.05, 0.1) is 12.0 Å². The number of hydrogen-bond acceptors (Lipinski definition) is 4. The molecule has 5 nitrogen and oxygen atoms in total. The van der Waals surface area contributed by atoms with E-state index in [2.05, 4.69) is 4.72 Å². The summed E-state index contributed by atoms with van der Waals surface area (Å²) in [6.07, 6.45) is 0. The molecule has 0 heterocycles. The first kappa shape index (κ1) is 18.0. The molecule has 2 rings (SSSR count).